The SMILES string of the molecule is Cc1ccc(NCc2ccn[nH]2)cc1[N+](=O)[O-]. The second kappa shape index (κ2) is 4.65. The fourth-order valence-corrected chi connectivity index (χ4v) is 1.50. The number of nitrogens with one attached hydrogen (secondary N) is 2. The van der Waals surface area contributed by atoms with Gasteiger partial charge in [0, 0.05) is 23.5 Å². The maximum absolute atomic E-state index is 10.8. The molecule has 0 radical (unpaired) electrons. The number of H-pyrrole nitrogens is 1. The minimum absolute atomic E-state index is 0.125. The van der Waals surface area contributed by atoms with Crippen LogP contribution in [0.2, 0.25) is 0 Å². The number of anilines is 1. The van der Waals surface area contributed by atoms with Crippen molar-refractivity contribution < 1.29 is 4.92 Å². The molecule has 0 aliphatic carbocycles. The highest BCUT2D eigenvalue weighted by molar-refractivity contribution is 5.54. The number of benzene rings is 1. The van der Waals surface area contributed by atoms with E-state index in [2.05, 4.69) is 15.5 Å². The number of aryl methyl sites for hydroxylation is 1. The summed E-state index contributed by atoms with van der Waals surface area (Å²) >= 11 is 0. The Morgan fingerprint density at radius 2 is 2.29 bits per heavy atom. The first-order chi connectivity index (χ1) is 8.16. The van der Waals surface area contributed by atoms with Gasteiger partial charge >= 0.3 is 0 Å². The van der Waals surface area contributed by atoms with E-state index in [1.54, 1.807) is 19.2 Å². The quantitative estimate of drug-likeness (QED) is 0.625. The number of aromatic amines is 1. The summed E-state index contributed by atoms with van der Waals surface area (Å²) in [5.74, 6) is 0. The van der Waals surface area contributed by atoms with Gasteiger partial charge in [0.05, 0.1) is 17.2 Å². The number of nitro benzene ring substituents is 1. The molecule has 0 unspecified atom stereocenters. The molecule has 0 saturated carbocycles. The van der Waals surface area contributed by atoms with Gasteiger partial charge < -0.3 is 5.32 Å². The van der Waals surface area contributed by atoms with Gasteiger partial charge in [0.25, 0.3) is 5.69 Å². The molecule has 88 valence electrons. The number of nitro groups is 1. The van der Waals surface area contributed by atoms with Gasteiger partial charge in [0.1, 0.15) is 0 Å². The topological polar surface area (TPSA) is 83.8 Å². The second-order valence-corrected chi connectivity index (χ2v) is 3.69. The minimum Gasteiger partial charge on any atom is -0.379 e. The van der Waals surface area contributed by atoms with Crippen molar-refractivity contribution in [3.05, 3.63) is 51.8 Å². The van der Waals surface area contributed by atoms with Crippen LogP contribution in [0.1, 0.15) is 11.3 Å². The first-order valence-electron chi connectivity index (χ1n) is 5.14. The summed E-state index contributed by atoms with van der Waals surface area (Å²) < 4.78 is 0. The Morgan fingerprint density at radius 1 is 1.47 bits per heavy atom. The second-order valence-electron chi connectivity index (χ2n) is 3.69. The van der Waals surface area contributed by atoms with Crippen molar-refractivity contribution in [1.82, 2.24) is 10.2 Å². The van der Waals surface area contributed by atoms with E-state index in [9.17, 15) is 10.1 Å². The van der Waals surface area contributed by atoms with Crippen molar-refractivity contribution in [3.63, 3.8) is 0 Å². The van der Waals surface area contributed by atoms with Crippen LogP contribution in [0.25, 0.3) is 0 Å². The molecule has 1 heterocycles. The van der Waals surface area contributed by atoms with Gasteiger partial charge in [0.15, 0.2) is 0 Å². The van der Waals surface area contributed by atoms with E-state index in [1.807, 2.05) is 12.1 Å². The summed E-state index contributed by atoms with van der Waals surface area (Å²) in [6.07, 6.45) is 1.66. The van der Waals surface area contributed by atoms with Gasteiger partial charge in [-0.3, -0.25) is 15.2 Å². The zero-order valence-corrected chi connectivity index (χ0v) is 9.30. The predicted octanol–water partition coefficient (Wildman–Crippen LogP) is 2.24. The smallest absolute Gasteiger partial charge is 0.274 e. The van der Waals surface area contributed by atoms with Crippen molar-refractivity contribution in [2.45, 2.75) is 13.5 Å². The Labute approximate surface area is 97.8 Å². The number of aromatic nitrogens is 2. The lowest BCUT2D eigenvalue weighted by molar-refractivity contribution is -0.385. The number of hydrogen-bond acceptors (Lipinski definition) is 4. The average Bonchev–Trinajstić information content (AvgIpc) is 2.80. The molecule has 0 spiro atoms. The third kappa shape index (κ3) is 2.60. The van der Waals surface area contributed by atoms with E-state index in [0.717, 1.165) is 11.4 Å². The summed E-state index contributed by atoms with van der Waals surface area (Å²) in [6, 6.07) is 6.92. The largest absolute Gasteiger partial charge is 0.379 e. The molecule has 0 atom stereocenters. The first-order valence-corrected chi connectivity index (χ1v) is 5.14. The van der Waals surface area contributed by atoms with Crippen LogP contribution in [0.5, 0.6) is 0 Å². The van der Waals surface area contributed by atoms with Gasteiger partial charge in [-0.2, -0.15) is 5.10 Å². The van der Waals surface area contributed by atoms with E-state index in [-0.39, 0.29) is 10.6 Å². The maximum atomic E-state index is 10.8. The van der Waals surface area contributed by atoms with Crippen LogP contribution in [0, 0.1) is 17.0 Å². The van der Waals surface area contributed by atoms with Crippen LogP contribution in [-0.4, -0.2) is 15.1 Å². The summed E-state index contributed by atoms with van der Waals surface area (Å²) in [6.45, 7) is 2.27. The zero-order chi connectivity index (χ0) is 12.3. The molecule has 6 heteroatoms. The lowest BCUT2D eigenvalue weighted by Gasteiger charge is -2.05. The highest BCUT2D eigenvalue weighted by atomic mass is 16.6. The zero-order valence-electron chi connectivity index (χ0n) is 9.30. The van der Waals surface area contributed by atoms with E-state index in [1.165, 1.54) is 6.07 Å². The van der Waals surface area contributed by atoms with E-state index < -0.39 is 0 Å². The molecule has 2 N–H and O–H groups in total. The van der Waals surface area contributed by atoms with Gasteiger partial charge in [-0.05, 0) is 19.1 Å². The number of hydrogen-bond donors (Lipinski definition) is 2. The third-order valence-corrected chi connectivity index (χ3v) is 2.45. The van der Waals surface area contributed by atoms with Crippen LogP contribution in [-0.2, 0) is 6.54 Å². The molecule has 0 fully saturated rings. The van der Waals surface area contributed by atoms with Gasteiger partial charge in [-0.15, -0.1) is 0 Å². The monoisotopic (exact) mass is 232 g/mol. The lowest BCUT2D eigenvalue weighted by atomic mass is 10.2. The van der Waals surface area contributed by atoms with Crippen LogP contribution < -0.4 is 5.32 Å². The lowest BCUT2D eigenvalue weighted by Crippen LogP contribution is -2.01. The highest BCUT2D eigenvalue weighted by Gasteiger charge is 2.10. The van der Waals surface area contributed by atoms with E-state index >= 15 is 0 Å². The molecule has 0 bridgehead atoms. The Bertz CT molecular complexity index is 522. The molecule has 17 heavy (non-hydrogen) atoms. The van der Waals surface area contributed by atoms with Crippen molar-refractivity contribution in [3.8, 4) is 0 Å². The van der Waals surface area contributed by atoms with Gasteiger partial charge in [0.2, 0.25) is 0 Å². The molecule has 0 saturated heterocycles. The van der Waals surface area contributed by atoms with Gasteiger partial charge in [-0.25, -0.2) is 0 Å². The Morgan fingerprint density at radius 3 is 2.94 bits per heavy atom. The normalized spacial score (nSPS) is 10.2. The predicted molar refractivity (Wildman–Crippen MR) is 63.7 cm³/mol. The molecule has 1 aromatic heterocycles. The fraction of sp³-hybridized carbons (Fsp3) is 0.182. The van der Waals surface area contributed by atoms with Crippen LogP contribution in [0.15, 0.2) is 30.5 Å². The summed E-state index contributed by atoms with van der Waals surface area (Å²) in [7, 11) is 0. The molecule has 6 nitrogen and oxygen atoms in total. The van der Waals surface area contributed by atoms with Crippen molar-refractivity contribution >= 4 is 11.4 Å². The fourth-order valence-electron chi connectivity index (χ4n) is 1.50. The molecule has 0 aliphatic rings. The Kier molecular flexibility index (Phi) is 3.04. The van der Waals surface area contributed by atoms with Crippen molar-refractivity contribution in [2.75, 3.05) is 5.32 Å². The molecular formula is C11H12N4O2. The standard InChI is InChI=1S/C11H12N4O2/c1-8-2-3-9(6-11(8)15(16)17)12-7-10-4-5-13-14-10/h2-6,12H,7H2,1H3,(H,13,14). The molecule has 0 amide bonds. The van der Waals surface area contributed by atoms with Crippen LogP contribution >= 0.6 is 0 Å². The number of nitrogens with zero attached hydrogens (tertiary/aromatic N) is 2. The van der Waals surface area contributed by atoms with Crippen molar-refractivity contribution in [1.29, 1.82) is 0 Å². The van der Waals surface area contributed by atoms with Gasteiger partial charge in [-0.1, -0.05) is 6.07 Å². The molecule has 0 aliphatic heterocycles. The van der Waals surface area contributed by atoms with Crippen molar-refractivity contribution in [2.24, 2.45) is 0 Å². The highest BCUT2D eigenvalue weighted by Crippen LogP contribution is 2.22. The Balaban J connectivity index is 2.11. The third-order valence-electron chi connectivity index (χ3n) is 2.45. The summed E-state index contributed by atoms with van der Waals surface area (Å²) in [5, 5.41) is 20.5. The molecular weight excluding hydrogens is 220 g/mol. The average molecular weight is 232 g/mol. The Hall–Kier alpha value is -2.37. The molecule has 1 aromatic carbocycles. The van der Waals surface area contributed by atoms with Crippen LogP contribution in [0.4, 0.5) is 11.4 Å². The molecule has 2 rings (SSSR count). The first kappa shape index (κ1) is 11.1. The van der Waals surface area contributed by atoms with E-state index in [0.29, 0.717) is 12.1 Å². The summed E-state index contributed by atoms with van der Waals surface area (Å²) in [5.41, 5.74) is 2.42. The molecule has 2 aromatic rings. The number of rotatable bonds is 4. The summed E-state index contributed by atoms with van der Waals surface area (Å²) in [4.78, 5) is 10.4. The van der Waals surface area contributed by atoms with E-state index in [4.69, 9.17) is 0 Å². The maximum Gasteiger partial charge on any atom is 0.274 e. The minimum atomic E-state index is -0.378. The van der Waals surface area contributed by atoms with Crippen LogP contribution in [0.3, 0.4) is 0 Å².